The molecule has 0 aliphatic heterocycles. The number of hydrogen-bond acceptors (Lipinski definition) is 3. The smallest absolute Gasteiger partial charge is 0.320 e. The molecule has 0 saturated carbocycles. The molecule has 9 heteroatoms. The minimum absolute atomic E-state index is 0.120. The molecule has 0 radical (unpaired) electrons. The zero-order valence-electron chi connectivity index (χ0n) is 11.7. The number of anilines is 1. The van der Waals surface area contributed by atoms with Crippen LogP contribution >= 0.6 is 0 Å². The normalized spacial score (nSPS) is 12.7. The number of rotatable bonds is 7. The largest absolute Gasteiger partial charge is 0.416 e. The standard InChI is InChI=1S/C12H18F3N3O2S/c1-16-7-4-8-18(2)21(19,20)17-11-6-3-5-10(9-11)12(13,14)15/h3,5-6,9,16-17H,4,7-8H2,1-2H3. The van der Waals surface area contributed by atoms with Crippen LogP contribution in [0, 0.1) is 0 Å². The van der Waals surface area contributed by atoms with Crippen molar-refractivity contribution in [2.24, 2.45) is 0 Å². The van der Waals surface area contributed by atoms with Gasteiger partial charge in [0.25, 0.3) is 0 Å². The summed E-state index contributed by atoms with van der Waals surface area (Å²) in [6, 6.07) is 4.07. The maximum Gasteiger partial charge on any atom is 0.416 e. The van der Waals surface area contributed by atoms with Gasteiger partial charge in [-0.15, -0.1) is 0 Å². The van der Waals surface area contributed by atoms with Crippen LogP contribution in [0.3, 0.4) is 0 Å². The van der Waals surface area contributed by atoms with Crippen molar-refractivity contribution in [3.8, 4) is 0 Å². The van der Waals surface area contributed by atoms with Gasteiger partial charge in [-0.3, -0.25) is 4.72 Å². The van der Waals surface area contributed by atoms with Crippen LogP contribution in [-0.4, -0.2) is 39.9 Å². The van der Waals surface area contributed by atoms with E-state index in [0.717, 1.165) is 22.5 Å². The van der Waals surface area contributed by atoms with Crippen LogP contribution in [0.1, 0.15) is 12.0 Å². The number of nitrogens with zero attached hydrogens (tertiary/aromatic N) is 1. The second-order valence-electron chi connectivity index (χ2n) is 4.46. The van der Waals surface area contributed by atoms with Crippen LogP contribution in [0.25, 0.3) is 0 Å². The first-order chi connectivity index (χ1) is 9.66. The van der Waals surface area contributed by atoms with E-state index < -0.39 is 21.9 Å². The maximum absolute atomic E-state index is 12.6. The van der Waals surface area contributed by atoms with Crippen LogP contribution in [0.15, 0.2) is 24.3 Å². The Morgan fingerprint density at radius 1 is 1.29 bits per heavy atom. The molecule has 120 valence electrons. The summed E-state index contributed by atoms with van der Waals surface area (Å²) in [6.07, 6.45) is -3.92. The Labute approximate surface area is 122 Å². The predicted molar refractivity (Wildman–Crippen MR) is 75.2 cm³/mol. The summed E-state index contributed by atoms with van der Waals surface area (Å²) >= 11 is 0. The van der Waals surface area contributed by atoms with Crippen molar-refractivity contribution < 1.29 is 21.6 Å². The van der Waals surface area contributed by atoms with E-state index in [4.69, 9.17) is 0 Å². The molecule has 0 aromatic heterocycles. The first kappa shape index (κ1) is 17.7. The van der Waals surface area contributed by atoms with Gasteiger partial charge in [-0.05, 0) is 38.2 Å². The van der Waals surface area contributed by atoms with Gasteiger partial charge in [0.15, 0.2) is 0 Å². The highest BCUT2D eigenvalue weighted by Crippen LogP contribution is 2.30. The monoisotopic (exact) mass is 325 g/mol. The van der Waals surface area contributed by atoms with Gasteiger partial charge in [0.05, 0.1) is 11.3 Å². The zero-order valence-corrected chi connectivity index (χ0v) is 12.6. The fourth-order valence-corrected chi connectivity index (χ4v) is 2.53. The minimum Gasteiger partial charge on any atom is -0.320 e. The van der Waals surface area contributed by atoms with Gasteiger partial charge in [0.1, 0.15) is 0 Å². The Hall–Kier alpha value is -1.32. The van der Waals surface area contributed by atoms with Gasteiger partial charge in [-0.1, -0.05) is 6.07 Å². The Balaban J connectivity index is 2.80. The summed E-state index contributed by atoms with van der Waals surface area (Å²) in [5.74, 6) is 0. The molecule has 0 atom stereocenters. The molecule has 1 aromatic rings. The van der Waals surface area contributed by atoms with Gasteiger partial charge >= 0.3 is 16.4 Å². The zero-order chi connectivity index (χ0) is 16.1. The van der Waals surface area contributed by atoms with Crippen molar-refractivity contribution in [2.75, 3.05) is 31.9 Å². The summed E-state index contributed by atoms with van der Waals surface area (Å²) in [4.78, 5) is 0. The first-order valence-electron chi connectivity index (χ1n) is 6.23. The Morgan fingerprint density at radius 2 is 1.95 bits per heavy atom. The Kier molecular flexibility index (Phi) is 5.99. The lowest BCUT2D eigenvalue weighted by Crippen LogP contribution is -2.34. The molecule has 0 bridgehead atoms. The third kappa shape index (κ3) is 5.52. The van der Waals surface area contributed by atoms with Crippen LogP contribution in [-0.2, 0) is 16.4 Å². The SMILES string of the molecule is CNCCCN(C)S(=O)(=O)Nc1cccc(C(F)(F)F)c1. The molecule has 0 amide bonds. The molecule has 0 fully saturated rings. The number of alkyl halides is 3. The summed E-state index contributed by atoms with van der Waals surface area (Å²) in [5, 5.41) is 2.88. The highest BCUT2D eigenvalue weighted by Gasteiger charge is 2.30. The lowest BCUT2D eigenvalue weighted by atomic mass is 10.2. The van der Waals surface area contributed by atoms with Crippen molar-refractivity contribution in [1.82, 2.24) is 9.62 Å². The molecule has 1 rings (SSSR count). The second-order valence-corrected chi connectivity index (χ2v) is 6.24. The second kappa shape index (κ2) is 7.10. The lowest BCUT2D eigenvalue weighted by molar-refractivity contribution is -0.137. The van der Waals surface area contributed by atoms with E-state index in [-0.39, 0.29) is 12.2 Å². The lowest BCUT2D eigenvalue weighted by Gasteiger charge is -2.18. The van der Waals surface area contributed by atoms with Gasteiger partial charge in [0, 0.05) is 13.6 Å². The molecule has 0 aliphatic carbocycles. The minimum atomic E-state index is -4.51. The molecule has 21 heavy (non-hydrogen) atoms. The van der Waals surface area contributed by atoms with Crippen LogP contribution in [0.4, 0.5) is 18.9 Å². The fraction of sp³-hybridized carbons (Fsp3) is 0.500. The summed E-state index contributed by atoms with van der Waals surface area (Å²) in [6.45, 7) is 0.901. The number of halogens is 3. The Bertz CT molecular complexity index is 561. The predicted octanol–water partition coefficient (Wildman–Crippen LogP) is 1.90. The van der Waals surface area contributed by atoms with Crippen molar-refractivity contribution in [3.05, 3.63) is 29.8 Å². The van der Waals surface area contributed by atoms with Gasteiger partial charge in [0.2, 0.25) is 0 Å². The first-order valence-corrected chi connectivity index (χ1v) is 7.67. The number of hydrogen-bond donors (Lipinski definition) is 2. The molecule has 0 heterocycles. The highest BCUT2D eigenvalue weighted by molar-refractivity contribution is 7.90. The van der Waals surface area contributed by atoms with Crippen LogP contribution in [0.5, 0.6) is 0 Å². The van der Waals surface area contributed by atoms with E-state index in [0.29, 0.717) is 13.0 Å². The van der Waals surface area contributed by atoms with Crippen molar-refractivity contribution in [2.45, 2.75) is 12.6 Å². The molecular formula is C12H18F3N3O2S. The average Bonchev–Trinajstić information content (AvgIpc) is 2.37. The van der Waals surface area contributed by atoms with E-state index in [9.17, 15) is 21.6 Å². The molecule has 2 N–H and O–H groups in total. The van der Waals surface area contributed by atoms with E-state index >= 15 is 0 Å². The topological polar surface area (TPSA) is 61.4 Å². The maximum atomic E-state index is 12.6. The van der Waals surface area contributed by atoms with Crippen LogP contribution < -0.4 is 10.0 Å². The van der Waals surface area contributed by atoms with Gasteiger partial charge in [-0.2, -0.15) is 25.9 Å². The summed E-state index contributed by atoms with van der Waals surface area (Å²) in [7, 11) is -0.756. The molecule has 0 spiro atoms. The Morgan fingerprint density at radius 3 is 2.52 bits per heavy atom. The van der Waals surface area contributed by atoms with Crippen LogP contribution in [0.2, 0.25) is 0 Å². The summed E-state index contributed by atoms with van der Waals surface area (Å²) < 4.78 is 64.8. The fourth-order valence-electron chi connectivity index (χ4n) is 1.58. The van der Waals surface area contributed by atoms with E-state index in [2.05, 4.69) is 10.0 Å². The third-order valence-electron chi connectivity index (χ3n) is 2.75. The van der Waals surface area contributed by atoms with E-state index in [1.54, 1.807) is 7.05 Å². The molecule has 0 unspecified atom stereocenters. The third-order valence-corrected chi connectivity index (χ3v) is 4.24. The molecular weight excluding hydrogens is 307 g/mol. The van der Waals surface area contributed by atoms with Crippen molar-refractivity contribution in [3.63, 3.8) is 0 Å². The molecule has 0 aliphatic rings. The van der Waals surface area contributed by atoms with E-state index in [1.165, 1.54) is 13.1 Å². The van der Waals surface area contributed by atoms with E-state index in [1.807, 2.05) is 0 Å². The van der Waals surface area contributed by atoms with Gasteiger partial charge < -0.3 is 5.32 Å². The number of benzene rings is 1. The molecule has 5 nitrogen and oxygen atoms in total. The van der Waals surface area contributed by atoms with Gasteiger partial charge in [-0.25, -0.2) is 0 Å². The molecule has 1 aromatic carbocycles. The van der Waals surface area contributed by atoms with Crippen molar-refractivity contribution >= 4 is 15.9 Å². The summed E-state index contributed by atoms with van der Waals surface area (Å²) in [5.41, 5.74) is -1.02. The number of nitrogens with one attached hydrogen (secondary N) is 2. The molecule has 0 saturated heterocycles. The quantitative estimate of drug-likeness (QED) is 0.753. The van der Waals surface area contributed by atoms with Crippen molar-refractivity contribution in [1.29, 1.82) is 0 Å². The highest BCUT2D eigenvalue weighted by atomic mass is 32.2. The average molecular weight is 325 g/mol.